The predicted octanol–water partition coefficient (Wildman–Crippen LogP) is 2.68. The van der Waals surface area contributed by atoms with Crippen LogP contribution in [0.4, 0.5) is 5.69 Å². The molecule has 20 heavy (non-hydrogen) atoms. The van der Waals surface area contributed by atoms with Crippen LogP contribution in [0.25, 0.3) is 0 Å². The van der Waals surface area contributed by atoms with Crippen molar-refractivity contribution in [3.05, 3.63) is 29.8 Å². The molecule has 0 aromatic heterocycles. The Kier molecular flexibility index (Phi) is 6.02. The van der Waals surface area contributed by atoms with Gasteiger partial charge in [0, 0.05) is 31.9 Å². The quantitative estimate of drug-likeness (QED) is 0.682. The number of carbonyl (C=O) groups is 1. The lowest BCUT2D eigenvalue weighted by Gasteiger charge is -2.06. The zero-order valence-corrected chi connectivity index (χ0v) is 11.9. The number of anilines is 1. The minimum Gasteiger partial charge on any atom is -0.381 e. The van der Waals surface area contributed by atoms with Crippen LogP contribution in [0.3, 0.4) is 0 Å². The van der Waals surface area contributed by atoms with Crippen LogP contribution >= 0.6 is 0 Å². The number of hydrogen-bond acceptors (Lipinski definition) is 3. The summed E-state index contributed by atoms with van der Waals surface area (Å²) < 4.78 is 5.52. The molecule has 0 radical (unpaired) electrons. The summed E-state index contributed by atoms with van der Waals surface area (Å²) in [6.07, 6.45) is 5.20. The SMILES string of the molecule is NCc1ccc(NC(=O)CCCOCCC2CC2)cc1. The zero-order valence-electron chi connectivity index (χ0n) is 11.9. The van der Waals surface area contributed by atoms with Crippen molar-refractivity contribution in [3.63, 3.8) is 0 Å². The molecule has 4 heteroatoms. The smallest absolute Gasteiger partial charge is 0.224 e. The molecule has 110 valence electrons. The highest BCUT2D eigenvalue weighted by molar-refractivity contribution is 5.90. The van der Waals surface area contributed by atoms with E-state index in [2.05, 4.69) is 5.32 Å². The molecule has 2 rings (SSSR count). The maximum Gasteiger partial charge on any atom is 0.224 e. The van der Waals surface area contributed by atoms with Crippen molar-refractivity contribution < 1.29 is 9.53 Å². The molecule has 1 amide bonds. The van der Waals surface area contributed by atoms with E-state index in [-0.39, 0.29) is 5.91 Å². The molecule has 0 bridgehead atoms. The van der Waals surface area contributed by atoms with Gasteiger partial charge in [-0.1, -0.05) is 25.0 Å². The molecule has 3 N–H and O–H groups in total. The molecule has 0 spiro atoms. The van der Waals surface area contributed by atoms with Crippen LogP contribution in [-0.2, 0) is 16.1 Å². The molecule has 1 saturated carbocycles. The first kappa shape index (κ1) is 15.0. The van der Waals surface area contributed by atoms with E-state index in [1.165, 1.54) is 19.3 Å². The number of hydrogen-bond donors (Lipinski definition) is 2. The van der Waals surface area contributed by atoms with Crippen LogP contribution in [0.5, 0.6) is 0 Å². The second kappa shape index (κ2) is 8.02. The van der Waals surface area contributed by atoms with Gasteiger partial charge in [-0.15, -0.1) is 0 Å². The number of nitrogens with one attached hydrogen (secondary N) is 1. The third kappa shape index (κ3) is 5.72. The van der Waals surface area contributed by atoms with E-state index < -0.39 is 0 Å². The molecular formula is C16H24N2O2. The molecule has 0 aliphatic heterocycles. The zero-order chi connectivity index (χ0) is 14.2. The Balaban J connectivity index is 1.54. The first-order valence-electron chi connectivity index (χ1n) is 7.44. The van der Waals surface area contributed by atoms with E-state index >= 15 is 0 Å². The van der Waals surface area contributed by atoms with E-state index in [0.717, 1.165) is 30.2 Å². The summed E-state index contributed by atoms with van der Waals surface area (Å²) in [5, 5.41) is 2.88. The number of rotatable bonds is 9. The Labute approximate surface area is 120 Å². The minimum atomic E-state index is 0.0382. The third-order valence-electron chi connectivity index (χ3n) is 3.53. The maximum absolute atomic E-state index is 11.7. The molecule has 1 aliphatic carbocycles. The fraction of sp³-hybridized carbons (Fsp3) is 0.562. The first-order valence-corrected chi connectivity index (χ1v) is 7.44. The lowest BCUT2D eigenvalue weighted by Crippen LogP contribution is -2.12. The van der Waals surface area contributed by atoms with Gasteiger partial charge in [0.15, 0.2) is 0 Å². The van der Waals surface area contributed by atoms with Crippen LogP contribution in [0.2, 0.25) is 0 Å². The molecule has 0 unspecified atom stereocenters. The van der Waals surface area contributed by atoms with E-state index in [0.29, 0.717) is 19.6 Å². The Hall–Kier alpha value is -1.39. The van der Waals surface area contributed by atoms with Crippen molar-refractivity contribution >= 4 is 11.6 Å². The van der Waals surface area contributed by atoms with E-state index in [1.807, 2.05) is 24.3 Å². The predicted molar refractivity (Wildman–Crippen MR) is 80.4 cm³/mol. The monoisotopic (exact) mass is 276 g/mol. The van der Waals surface area contributed by atoms with Gasteiger partial charge in [0.05, 0.1) is 0 Å². The van der Waals surface area contributed by atoms with E-state index in [4.69, 9.17) is 10.5 Å². The molecule has 1 aromatic carbocycles. The van der Waals surface area contributed by atoms with Gasteiger partial charge in [-0.2, -0.15) is 0 Å². The Morgan fingerprint density at radius 2 is 2.00 bits per heavy atom. The second-order valence-electron chi connectivity index (χ2n) is 5.40. The van der Waals surface area contributed by atoms with Crippen LogP contribution in [0.15, 0.2) is 24.3 Å². The standard InChI is InChI=1S/C16H24N2O2/c17-12-14-5-7-15(8-6-14)18-16(19)2-1-10-20-11-9-13-3-4-13/h5-8,13H,1-4,9-12,17H2,(H,18,19). The van der Waals surface area contributed by atoms with Crippen molar-refractivity contribution in [2.45, 2.75) is 38.6 Å². The van der Waals surface area contributed by atoms with Crippen LogP contribution in [0, 0.1) is 5.92 Å². The highest BCUT2D eigenvalue weighted by atomic mass is 16.5. The summed E-state index contributed by atoms with van der Waals surface area (Å²) in [6, 6.07) is 7.62. The molecular weight excluding hydrogens is 252 g/mol. The number of ether oxygens (including phenoxy) is 1. The van der Waals surface area contributed by atoms with E-state index in [9.17, 15) is 4.79 Å². The highest BCUT2D eigenvalue weighted by Crippen LogP contribution is 2.32. The normalized spacial score (nSPS) is 14.2. The average Bonchev–Trinajstić information content (AvgIpc) is 3.27. The molecule has 0 atom stereocenters. The number of nitrogens with two attached hydrogens (primary N) is 1. The van der Waals surface area contributed by atoms with Crippen LogP contribution in [-0.4, -0.2) is 19.1 Å². The number of benzene rings is 1. The summed E-state index contributed by atoms with van der Waals surface area (Å²) in [7, 11) is 0. The average molecular weight is 276 g/mol. The molecule has 4 nitrogen and oxygen atoms in total. The van der Waals surface area contributed by atoms with Crippen molar-refractivity contribution in [3.8, 4) is 0 Å². The Bertz CT molecular complexity index is 413. The second-order valence-corrected chi connectivity index (χ2v) is 5.40. The van der Waals surface area contributed by atoms with Gasteiger partial charge in [-0.25, -0.2) is 0 Å². The molecule has 1 fully saturated rings. The summed E-state index contributed by atoms with van der Waals surface area (Å²) in [4.78, 5) is 11.7. The van der Waals surface area contributed by atoms with Crippen molar-refractivity contribution in [1.29, 1.82) is 0 Å². The number of carbonyl (C=O) groups excluding carboxylic acids is 1. The highest BCUT2D eigenvalue weighted by Gasteiger charge is 2.20. The fourth-order valence-electron chi connectivity index (χ4n) is 2.04. The van der Waals surface area contributed by atoms with Gasteiger partial charge in [0.2, 0.25) is 5.91 Å². The topological polar surface area (TPSA) is 64.3 Å². The Morgan fingerprint density at radius 3 is 2.65 bits per heavy atom. The third-order valence-corrected chi connectivity index (χ3v) is 3.53. The van der Waals surface area contributed by atoms with Gasteiger partial charge < -0.3 is 15.8 Å². The fourth-order valence-corrected chi connectivity index (χ4v) is 2.04. The van der Waals surface area contributed by atoms with Crippen LogP contribution in [0.1, 0.15) is 37.7 Å². The minimum absolute atomic E-state index is 0.0382. The summed E-state index contributed by atoms with van der Waals surface area (Å²) in [5.74, 6) is 0.950. The van der Waals surface area contributed by atoms with Gasteiger partial charge in [-0.05, 0) is 36.5 Å². The van der Waals surface area contributed by atoms with Crippen LogP contribution < -0.4 is 11.1 Å². The molecule has 0 heterocycles. The lowest BCUT2D eigenvalue weighted by molar-refractivity contribution is -0.116. The number of amides is 1. The van der Waals surface area contributed by atoms with Gasteiger partial charge in [-0.3, -0.25) is 4.79 Å². The lowest BCUT2D eigenvalue weighted by atomic mass is 10.2. The summed E-state index contributed by atoms with van der Waals surface area (Å²) in [6.45, 7) is 2.03. The molecule has 1 aromatic rings. The first-order chi connectivity index (χ1) is 9.78. The van der Waals surface area contributed by atoms with Crippen molar-refractivity contribution in [2.24, 2.45) is 11.7 Å². The molecule has 0 saturated heterocycles. The summed E-state index contributed by atoms with van der Waals surface area (Å²) >= 11 is 0. The van der Waals surface area contributed by atoms with Gasteiger partial charge >= 0.3 is 0 Å². The van der Waals surface area contributed by atoms with Gasteiger partial charge in [0.1, 0.15) is 0 Å². The molecule has 1 aliphatic rings. The van der Waals surface area contributed by atoms with E-state index in [1.54, 1.807) is 0 Å². The van der Waals surface area contributed by atoms with Crippen molar-refractivity contribution in [2.75, 3.05) is 18.5 Å². The van der Waals surface area contributed by atoms with Gasteiger partial charge in [0.25, 0.3) is 0 Å². The maximum atomic E-state index is 11.7. The summed E-state index contributed by atoms with van der Waals surface area (Å²) in [5.41, 5.74) is 7.41. The van der Waals surface area contributed by atoms with Crippen molar-refractivity contribution in [1.82, 2.24) is 0 Å². The largest absolute Gasteiger partial charge is 0.381 e. The Morgan fingerprint density at radius 1 is 1.25 bits per heavy atom.